The van der Waals surface area contributed by atoms with Gasteiger partial charge in [0, 0.05) is 28.7 Å². The number of hydrogen-bond donors (Lipinski definition) is 3. The van der Waals surface area contributed by atoms with E-state index >= 15 is 0 Å². The normalized spacial score (nSPS) is 10.8. The van der Waals surface area contributed by atoms with Crippen molar-refractivity contribution in [1.82, 2.24) is 15.2 Å². The van der Waals surface area contributed by atoms with Gasteiger partial charge in [-0.3, -0.25) is 9.59 Å². The number of nitrogens with zero attached hydrogens (tertiary/aromatic N) is 2. The second kappa shape index (κ2) is 7.13. The maximum atomic E-state index is 12.8. The maximum absolute atomic E-state index is 12.8. The number of nitrogens with one attached hydrogen (secondary N) is 2. The van der Waals surface area contributed by atoms with E-state index in [1.54, 1.807) is 24.5 Å². The number of phenolic OH excluding ortho intramolecular Hbond substituents is 1. The molecular formula is C20H13ClN4O3. The molecule has 3 N–H and O–H groups in total. The number of rotatable bonds is 3. The number of carbonyl (C=O) groups is 1. The average molecular weight is 393 g/mol. The van der Waals surface area contributed by atoms with Crippen LogP contribution in [0.15, 0.2) is 65.8 Å². The summed E-state index contributed by atoms with van der Waals surface area (Å²) in [6.07, 6.45) is 4.58. The van der Waals surface area contributed by atoms with Gasteiger partial charge in [0.15, 0.2) is 0 Å². The molecule has 2 aromatic heterocycles. The van der Waals surface area contributed by atoms with Gasteiger partial charge in [0.2, 0.25) is 5.43 Å². The molecule has 0 atom stereocenters. The fourth-order valence-electron chi connectivity index (χ4n) is 2.83. The van der Waals surface area contributed by atoms with Crippen LogP contribution in [0.4, 0.5) is 5.69 Å². The lowest BCUT2D eigenvalue weighted by atomic mass is 10.0. The monoisotopic (exact) mass is 392 g/mol. The second-order valence-corrected chi connectivity index (χ2v) is 6.45. The van der Waals surface area contributed by atoms with Crippen molar-refractivity contribution in [1.29, 1.82) is 0 Å². The molecule has 7 nitrogen and oxygen atoms in total. The van der Waals surface area contributed by atoms with E-state index in [1.165, 1.54) is 24.4 Å². The molecule has 0 fully saturated rings. The molecule has 0 radical (unpaired) electrons. The highest BCUT2D eigenvalue weighted by Crippen LogP contribution is 2.26. The van der Waals surface area contributed by atoms with E-state index in [9.17, 15) is 14.7 Å². The first kappa shape index (κ1) is 17.7. The molecule has 0 aliphatic carbocycles. The van der Waals surface area contributed by atoms with Crippen molar-refractivity contribution in [3.05, 3.63) is 81.9 Å². The van der Waals surface area contributed by atoms with Gasteiger partial charge in [0.1, 0.15) is 11.3 Å². The van der Waals surface area contributed by atoms with Gasteiger partial charge in [-0.15, -0.1) is 0 Å². The number of aromatic nitrogens is 3. The van der Waals surface area contributed by atoms with Crippen LogP contribution in [0, 0.1) is 0 Å². The number of hydrogen-bond acceptors (Lipinski definition) is 5. The minimum atomic E-state index is -0.599. The Balaban J connectivity index is 1.69. The Kier molecular flexibility index (Phi) is 4.50. The number of aromatic amines is 1. The number of phenols is 1. The fourth-order valence-corrected chi connectivity index (χ4v) is 3.05. The predicted molar refractivity (Wildman–Crippen MR) is 107 cm³/mol. The van der Waals surface area contributed by atoms with Gasteiger partial charge in [-0.05, 0) is 35.9 Å². The topological polar surface area (TPSA) is 108 Å². The van der Waals surface area contributed by atoms with Crippen molar-refractivity contribution in [2.45, 2.75) is 0 Å². The summed E-state index contributed by atoms with van der Waals surface area (Å²) in [6.45, 7) is 0. The Morgan fingerprint density at radius 2 is 1.93 bits per heavy atom. The molecule has 8 heteroatoms. The van der Waals surface area contributed by atoms with Crippen molar-refractivity contribution in [3.8, 4) is 16.9 Å². The predicted octanol–water partition coefficient (Wildman–Crippen LogP) is 3.60. The van der Waals surface area contributed by atoms with Crippen LogP contribution in [0.25, 0.3) is 22.0 Å². The van der Waals surface area contributed by atoms with Crippen LogP contribution < -0.4 is 10.7 Å². The van der Waals surface area contributed by atoms with Gasteiger partial charge < -0.3 is 15.4 Å². The van der Waals surface area contributed by atoms with Gasteiger partial charge in [-0.1, -0.05) is 17.7 Å². The minimum Gasteiger partial charge on any atom is -0.508 e. The summed E-state index contributed by atoms with van der Waals surface area (Å²) >= 11 is 6.00. The summed E-state index contributed by atoms with van der Waals surface area (Å²) in [5, 5.41) is 20.1. The van der Waals surface area contributed by atoms with Gasteiger partial charge in [0.25, 0.3) is 5.91 Å². The van der Waals surface area contributed by atoms with Gasteiger partial charge in [-0.25, -0.2) is 0 Å². The lowest BCUT2D eigenvalue weighted by Gasteiger charge is -2.08. The van der Waals surface area contributed by atoms with E-state index in [4.69, 9.17) is 11.6 Å². The SMILES string of the molecule is O=C(Nc1ccc(O)cc1Cl)c1c[nH]c2cc(-c3ccnnc3)ccc2c1=O. The number of benzene rings is 2. The van der Waals surface area contributed by atoms with E-state index < -0.39 is 11.3 Å². The molecule has 138 valence electrons. The number of aromatic hydroxyl groups is 1. The summed E-state index contributed by atoms with van der Waals surface area (Å²) < 4.78 is 0. The van der Waals surface area contributed by atoms with Gasteiger partial charge >= 0.3 is 0 Å². The number of halogens is 1. The third-order valence-electron chi connectivity index (χ3n) is 4.24. The molecular weight excluding hydrogens is 380 g/mol. The molecule has 0 aliphatic rings. The first-order chi connectivity index (χ1) is 13.5. The number of H-pyrrole nitrogens is 1. The quantitative estimate of drug-likeness (QED) is 0.462. The molecule has 0 bridgehead atoms. The van der Waals surface area contributed by atoms with Gasteiger partial charge in [0.05, 0.1) is 23.1 Å². The molecule has 28 heavy (non-hydrogen) atoms. The molecule has 2 heterocycles. The van der Waals surface area contributed by atoms with Crippen molar-refractivity contribution >= 4 is 34.1 Å². The molecule has 0 saturated carbocycles. The highest BCUT2D eigenvalue weighted by atomic mass is 35.5. The molecule has 0 aliphatic heterocycles. The van der Waals surface area contributed by atoms with Crippen LogP contribution in [0.1, 0.15) is 10.4 Å². The number of carbonyl (C=O) groups excluding carboxylic acids is 1. The molecule has 0 saturated heterocycles. The van der Waals surface area contributed by atoms with E-state index in [0.29, 0.717) is 16.6 Å². The number of amides is 1. The summed E-state index contributed by atoms with van der Waals surface area (Å²) in [4.78, 5) is 28.3. The first-order valence-corrected chi connectivity index (χ1v) is 8.63. The van der Waals surface area contributed by atoms with Crippen molar-refractivity contribution in [3.63, 3.8) is 0 Å². The highest BCUT2D eigenvalue weighted by Gasteiger charge is 2.15. The summed E-state index contributed by atoms with van der Waals surface area (Å²) in [7, 11) is 0. The largest absolute Gasteiger partial charge is 0.508 e. The lowest BCUT2D eigenvalue weighted by Crippen LogP contribution is -2.22. The molecule has 2 aromatic carbocycles. The Morgan fingerprint density at radius 3 is 2.68 bits per heavy atom. The molecule has 1 amide bonds. The minimum absolute atomic E-state index is 0.0215. The third-order valence-corrected chi connectivity index (χ3v) is 4.56. The van der Waals surface area contributed by atoms with E-state index in [-0.39, 0.29) is 16.3 Å². The zero-order valence-corrected chi connectivity index (χ0v) is 15.1. The van der Waals surface area contributed by atoms with E-state index in [2.05, 4.69) is 20.5 Å². The summed E-state index contributed by atoms with van der Waals surface area (Å²) in [6, 6.07) is 11.2. The van der Waals surface area contributed by atoms with E-state index in [0.717, 1.165) is 11.1 Å². The number of pyridine rings is 1. The average Bonchev–Trinajstić information content (AvgIpc) is 2.70. The lowest BCUT2D eigenvalue weighted by molar-refractivity contribution is 0.102. The number of fused-ring (bicyclic) bond motifs is 1. The van der Waals surface area contributed by atoms with E-state index in [1.807, 2.05) is 12.1 Å². The Labute approximate surface area is 163 Å². The van der Waals surface area contributed by atoms with Crippen LogP contribution >= 0.6 is 11.6 Å². The second-order valence-electron chi connectivity index (χ2n) is 6.04. The number of anilines is 1. The zero-order chi connectivity index (χ0) is 19.7. The summed E-state index contributed by atoms with van der Waals surface area (Å²) in [5.74, 6) is -0.620. The Morgan fingerprint density at radius 1 is 1.07 bits per heavy atom. The van der Waals surface area contributed by atoms with Gasteiger partial charge in [-0.2, -0.15) is 10.2 Å². The zero-order valence-electron chi connectivity index (χ0n) is 14.3. The van der Waals surface area contributed by atoms with Crippen molar-refractivity contribution in [2.75, 3.05) is 5.32 Å². The van der Waals surface area contributed by atoms with Crippen LogP contribution in [0.2, 0.25) is 5.02 Å². The smallest absolute Gasteiger partial charge is 0.261 e. The molecule has 0 spiro atoms. The van der Waals surface area contributed by atoms with Crippen LogP contribution in [0.5, 0.6) is 5.75 Å². The summed E-state index contributed by atoms with van der Waals surface area (Å²) in [5.41, 5.74) is 2.17. The van der Waals surface area contributed by atoms with Crippen LogP contribution in [0.3, 0.4) is 0 Å². The first-order valence-electron chi connectivity index (χ1n) is 8.25. The van der Waals surface area contributed by atoms with Crippen LogP contribution in [-0.4, -0.2) is 26.2 Å². The molecule has 4 aromatic rings. The molecule has 0 unspecified atom stereocenters. The van der Waals surface area contributed by atoms with Crippen LogP contribution in [-0.2, 0) is 0 Å². The Bertz CT molecular complexity index is 1260. The standard InChI is InChI=1S/C20H13ClN4O3/c21-16-8-13(26)2-4-17(16)25-20(28)15-10-22-18-7-11(1-3-14(18)19(15)27)12-5-6-23-24-9-12/h1-10,26H,(H,22,27)(H,25,28). The van der Waals surface area contributed by atoms with Crippen molar-refractivity contribution < 1.29 is 9.90 Å². The highest BCUT2D eigenvalue weighted by molar-refractivity contribution is 6.34. The maximum Gasteiger partial charge on any atom is 0.261 e. The van der Waals surface area contributed by atoms with Crippen molar-refractivity contribution in [2.24, 2.45) is 0 Å². The Hall–Kier alpha value is -3.71. The fraction of sp³-hybridized carbons (Fsp3) is 0. The third kappa shape index (κ3) is 3.30. The molecule has 4 rings (SSSR count).